The summed E-state index contributed by atoms with van der Waals surface area (Å²) < 4.78 is 0. The van der Waals surface area contributed by atoms with E-state index in [9.17, 15) is 0 Å². The van der Waals surface area contributed by atoms with Crippen LogP contribution < -0.4 is 0 Å². The Morgan fingerprint density at radius 1 is 0.556 bits per heavy atom. The lowest BCUT2D eigenvalue weighted by molar-refractivity contribution is 0.282. The molecule has 90 valence electrons. The Kier molecular flexibility index (Phi) is 2.74. The van der Waals surface area contributed by atoms with Crippen molar-refractivity contribution < 1.29 is 10.2 Å². The van der Waals surface area contributed by atoms with Crippen LogP contribution in [0.15, 0.2) is 48.5 Å². The van der Waals surface area contributed by atoms with Gasteiger partial charge in [0.15, 0.2) is 0 Å². The van der Waals surface area contributed by atoms with Crippen LogP contribution in [0.1, 0.15) is 11.1 Å². The summed E-state index contributed by atoms with van der Waals surface area (Å²) in [7, 11) is 0. The summed E-state index contributed by atoms with van der Waals surface area (Å²) in [6.45, 7) is 0.120. The highest BCUT2D eigenvalue weighted by Crippen LogP contribution is 2.24. The lowest BCUT2D eigenvalue weighted by Gasteiger charge is -2.05. The number of rotatable bonds is 2. The first-order chi connectivity index (χ1) is 8.80. The Balaban J connectivity index is 2.29. The predicted octanol–water partition coefficient (Wildman–Crippen LogP) is 2.98. The fraction of sp³-hybridized carbons (Fsp3) is 0.125. The third-order valence-corrected chi connectivity index (χ3v) is 3.29. The molecule has 3 rings (SSSR count). The molecule has 0 radical (unpaired) electrons. The fourth-order valence-corrected chi connectivity index (χ4v) is 2.29. The second-order valence-corrected chi connectivity index (χ2v) is 4.53. The highest BCUT2D eigenvalue weighted by atomic mass is 16.3. The van der Waals surface area contributed by atoms with Gasteiger partial charge in [0.05, 0.1) is 13.2 Å². The molecule has 0 saturated carbocycles. The lowest BCUT2D eigenvalue weighted by atomic mass is 10.0. The molecule has 0 bridgehead atoms. The van der Waals surface area contributed by atoms with Crippen molar-refractivity contribution in [1.29, 1.82) is 0 Å². The maximum Gasteiger partial charge on any atom is 0.0682 e. The summed E-state index contributed by atoms with van der Waals surface area (Å²) in [5.41, 5.74) is 1.83. The zero-order chi connectivity index (χ0) is 12.5. The Morgan fingerprint density at radius 3 is 1.44 bits per heavy atom. The van der Waals surface area contributed by atoms with Crippen LogP contribution in [-0.2, 0) is 13.2 Å². The van der Waals surface area contributed by atoms with Gasteiger partial charge in [0.1, 0.15) is 0 Å². The highest BCUT2D eigenvalue weighted by Gasteiger charge is 2.01. The molecule has 0 unspecified atom stereocenters. The summed E-state index contributed by atoms with van der Waals surface area (Å²) >= 11 is 0. The number of aliphatic hydroxyl groups is 2. The van der Waals surface area contributed by atoms with Gasteiger partial charge in [-0.15, -0.1) is 0 Å². The zero-order valence-electron chi connectivity index (χ0n) is 9.93. The summed E-state index contributed by atoms with van der Waals surface area (Å²) in [5, 5.41) is 22.9. The smallest absolute Gasteiger partial charge is 0.0682 e. The van der Waals surface area contributed by atoms with Crippen molar-refractivity contribution in [2.75, 3.05) is 0 Å². The maximum absolute atomic E-state index is 9.16. The first kappa shape index (κ1) is 11.2. The van der Waals surface area contributed by atoms with Gasteiger partial charge in [0.2, 0.25) is 0 Å². The van der Waals surface area contributed by atoms with Gasteiger partial charge in [-0.3, -0.25) is 0 Å². The van der Waals surface area contributed by atoms with E-state index in [1.807, 2.05) is 36.4 Å². The number of hydrogen-bond acceptors (Lipinski definition) is 2. The summed E-state index contributed by atoms with van der Waals surface area (Å²) in [6.07, 6.45) is 0. The van der Waals surface area contributed by atoms with Crippen LogP contribution in [0.3, 0.4) is 0 Å². The van der Waals surface area contributed by atoms with Crippen LogP contribution in [0.25, 0.3) is 21.5 Å². The van der Waals surface area contributed by atoms with Crippen molar-refractivity contribution in [3.05, 3.63) is 59.7 Å². The Hall–Kier alpha value is -1.90. The number of hydrogen-bond donors (Lipinski definition) is 2. The largest absolute Gasteiger partial charge is 0.392 e. The third-order valence-electron chi connectivity index (χ3n) is 3.29. The van der Waals surface area contributed by atoms with E-state index in [4.69, 9.17) is 10.2 Å². The summed E-state index contributed by atoms with van der Waals surface area (Å²) in [6, 6.07) is 16.2. The van der Waals surface area contributed by atoms with Crippen molar-refractivity contribution in [3.63, 3.8) is 0 Å². The topological polar surface area (TPSA) is 40.5 Å². The minimum atomic E-state index is 0.0602. The number of benzene rings is 3. The summed E-state index contributed by atoms with van der Waals surface area (Å²) in [4.78, 5) is 0. The van der Waals surface area contributed by atoms with Gasteiger partial charge < -0.3 is 10.2 Å². The normalized spacial score (nSPS) is 11.2. The molecule has 2 N–H and O–H groups in total. The Morgan fingerprint density at radius 2 is 1.00 bits per heavy atom. The van der Waals surface area contributed by atoms with E-state index in [2.05, 4.69) is 12.1 Å². The van der Waals surface area contributed by atoms with Gasteiger partial charge in [0, 0.05) is 0 Å². The Bertz CT molecular complexity index is 658. The first-order valence-corrected chi connectivity index (χ1v) is 5.97. The van der Waals surface area contributed by atoms with E-state index >= 15 is 0 Å². The maximum atomic E-state index is 9.16. The standard InChI is InChI=1S/C16H14O2/c17-9-11-1-3-13-7-14-4-2-12(10-18)6-16(14)8-15(13)5-11/h1-8,17-18H,9-10H2. The van der Waals surface area contributed by atoms with E-state index in [1.165, 1.54) is 0 Å². The molecule has 0 aliphatic carbocycles. The fourth-order valence-electron chi connectivity index (χ4n) is 2.29. The van der Waals surface area contributed by atoms with Crippen LogP contribution in [0.5, 0.6) is 0 Å². The molecule has 2 heteroatoms. The van der Waals surface area contributed by atoms with E-state index in [0.29, 0.717) is 0 Å². The lowest BCUT2D eigenvalue weighted by Crippen LogP contribution is -1.85. The van der Waals surface area contributed by atoms with E-state index in [0.717, 1.165) is 32.7 Å². The van der Waals surface area contributed by atoms with Gasteiger partial charge >= 0.3 is 0 Å². The van der Waals surface area contributed by atoms with Crippen LogP contribution in [0.4, 0.5) is 0 Å². The molecular weight excluding hydrogens is 224 g/mol. The molecule has 3 aromatic rings. The zero-order valence-corrected chi connectivity index (χ0v) is 9.93. The molecule has 0 spiro atoms. The van der Waals surface area contributed by atoms with Crippen LogP contribution in [-0.4, -0.2) is 10.2 Å². The van der Waals surface area contributed by atoms with E-state index < -0.39 is 0 Å². The van der Waals surface area contributed by atoms with Gasteiger partial charge in [0.25, 0.3) is 0 Å². The van der Waals surface area contributed by atoms with Gasteiger partial charge in [-0.2, -0.15) is 0 Å². The molecule has 0 amide bonds. The van der Waals surface area contributed by atoms with Gasteiger partial charge in [-0.05, 0) is 56.9 Å². The molecule has 3 aromatic carbocycles. The second kappa shape index (κ2) is 4.41. The number of aliphatic hydroxyl groups excluding tert-OH is 2. The molecule has 18 heavy (non-hydrogen) atoms. The van der Waals surface area contributed by atoms with Crippen LogP contribution in [0.2, 0.25) is 0 Å². The third kappa shape index (κ3) is 1.86. The monoisotopic (exact) mass is 238 g/mol. The van der Waals surface area contributed by atoms with Gasteiger partial charge in [-0.25, -0.2) is 0 Å². The number of fused-ring (bicyclic) bond motifs is 2. The van der Waals surface area contributed by atoms with Crippen molar-refractivity contribution in [2.45, 2.75) is 13.2 Å². The van der Waals surface area contributed by atoms with Crippen molar-refractivity contribution in [2.24, 2.45) is 0 Å². The molecule has 0 aromatic heterocycles. The average molecular weight is 238 g/mol. The molecule has 0 aliphatic heterocycles. The van der Waals surface area contributed by atoms with Crippen LogP contribution >= 0.6 is 0 Å². The molecule has 0 fully saturated rings. The van der Waals surface area contributed by atoms with E-state index in [-0.39, 0.29) is 13.2 Å². The molecule has 0 aliphatic rings. The molecule has 0 atom stereocenters. The first-order valence-electron chi connectivity index (χ1n) is 5.97. The van der Waals surface area contributed by atoms with Crippen LogP contribution in [0, 0.1) is 0 Å². The molecule has 0 saturated heterocycles. The molecule has 0 heterocycles. The SMILES string of the molecule is OCc1ccc2cc3ccc(CO)cc3cc2c1. The quantitative estimate of drug-likeness (QED) is 0.674. The Labute approximate surface area is 105 Å². The molecular formula is C16H14O2. The van der Waals surface area contributed by atoms with Crippen molar-refractivity contribution >= 4 is 21.5 Å². The average Bonchev–Trinajstić information content (AvgIpc) is 2.43. The minimum absolute atomic E-state index is 0.0602. The van der Waals surface area contributed by atoms with Gasteiger partial charge in [-0.1, -0.05) is 24.3 Å². The van der Waals surface area contributed by atoms with Crippen molar-refractivity contribution in [1.82, 2.24) is 0 Å². The minimum Gasteiger partial charge on any atom is -0.392 e. The van der Waals surface area contributed by atoms with E-state index in [1.54, 1.807) is 0 Å². The second-order valence-electron chi connectivity index (χ2n) is 4.53. The predicted molar refractivity (Wildman–Crippen MR) is 73.3 cm³/mol. The highest BCUT2D eigenvalue weighted by molar-refractivity contribution is 5.98. The molecule has 2 nitrogen and oxygen atoms in total. The summed E-state index contributed by atoms with van der Waals surface area (Å²) in [5.74, 6) is 0. The van der Waals surface area contributed by atoms with Crippen molar-refractivity contribution in [3.8, 4) is 0 Å².